The average molecular weight is 372 g/mol. The highest BCUT2D eigenvalue weighted by Gasteiger charge is 2.19. The fourth-order valence-corrected chi connectivity index (χ4v) is 3.00. The molecule has 1 aliphatic rings. The summed E-state index contributed by atoms with van der Waals surface area (Å²) in [6.45, 7) is 2.63. The first-order chi connectivity index (χ1) is 12.5. The second-order valence-corrected chi connectivity index (χ2v) is 6.48. The predicted molar refractivity (Wildman–Crippen MR) is 101 cm³/mol. The number of hydrogen-bond donors (Lipinski definition) is 1. The van der Waals surface area contributed by atoms with Crippen LogP contribution in [0.3, 0.4) is 0 Å². The standard InChI is InChI=1S/C19H17FN2O3S/c1-2-24-16-9-13(10-17-18(23)22-19(21)26-17)5-8-15(16)25-11-12-3-6-14(20)7-4-12/h3-10H,2,11H2,1H3,(H2,21,22,23)/b17-10+. The van der Waals surface area contributed by atoms with Crippen molar-refractivity contribution in [3.8, 4) is 11.5 Å². The zero-order valence-electron chi connectivity index (χ0n) is 14.1. The highest BCUT2D eigenvalue weighted by molar-refractivity contribution is 8.18. The summed E-state index contributed by atoms with van der Waals surface area (Å²) in [6.07, 6.45) is 1.71. The molecule has 26 heavy (non-hydrogen) atoms. The Morgan fingerprint density at radius 1 is 1.15 bits per heavy atom. The average Bonchev–Trinajstić information content (AvgIpc) is 2.93. The van der Waals surface area contributed by atoms with Crippen molar-refractivity contribution in [2.75, 3.05) is 6.61 Å². The van der Waals surface area contributed by atoms with Gasteiger partial charge < -0.3 is 15.2 Å². The fourth-order valence-electron chi connectivity index (χ4n) is 2.32. The van der Waals surface area contributed by atoms with E-state index < -0.39 is 0 Å². The van der Waals surface area contributed by atoms with E-state index in [4.69, 9.17) is 15.2 Å². The quantitative estimate of drug-likeness (QED) is 0.782. The van der Waals surface area contributed by atoms with Crippen molar-refractivity contribution in [3.63, 3.8) is 0 Å². The highest BCUT2D eigenvalue weighted by atomic mass is 32.2. The molecule has 2 aromatic rings. The zero-order chi connectivity index (χ0) is 18.5. The molecule has 5 nitrogen and oxygen atoms in total. The van der Waals surface area contributed by atoms with E-state index in [0.29, 0.717) is 29.6 Å². The number of nitrogens with two attached hydrogens (primary N) is 1. The van der Waals surface area contributed by atoms with Gasteiger partial charge in [-0.2, -0.15) is 4.99 Å². The van der Waals surface area contributed by atoms with E-state index in [9.17, 15) is 9.18 Å². The maximum absolute atomic E-state index is 13.0. The summed E-state index contributed by atoms with van der Waals surface area (Å²) in [7, 11) is 0. The number of aliphatic imine (C=N–C) groups is 1. The summed E-state index contributed by atoms with van der Waals surface area (Å²) in [5, 5.41) is 0.241. The number of hydrogen-bond acceptors (Lipinski definition) is 5. The molecule has 0 fully saturated rings. The van der Waals surface area contributed by atoms with Gasteiger partial charge in [0, 0.05) is 0 Å². The first-order valence-corrected chi connectivity index (χ1v) is 8.79. The van der Waals surface area contributed by atoms with E-state index in [-0.39, 0.29) is 16.9 Å². The normalized spacial score (nSPS) is 15.2. The van der Waals surface area contributed by atoms with Gasteiger partial charge in [0.25, 0.3) is 5.91 Å². The molecule has 0 aromatic heterocycles. The Bertz CT molecular complexity index is 879. The van der Waals surface area contributed by atoms with E-state index in [1.807, 2.05) is 13.0 Å². The lowest BCUT2D eigenvalue weighted by molar-refractivity contribution is -0.113. The second-order valence-electron chi connectivity index (χ2n) is 5.42. The first-order valence-electron chi connectivity index (χ1n) is 7.97. The largest absolute Gasteiger partial charge is 0.490 e. The van der Waals surface area contributed by atoms with Crippen molar-refractivity contribution in [2.45, 2.75) is 13.5 Å². The lowest BCUT2D eigenvalue weighted by atomic mass is 10.2. The van der Waals surface area contributed by atoms with Gasteiger partial charge in [0.05, 0.1) is 11.5 Å². The molecule has 1 amide bonds. The Morgan fingerprint density at radius 3 is 2.58 bits per heavy atom. The van der Waals surface area contributed by atoms with Crippen LogP contribution in [-0.2, 0) is 11.4 Å². The molecule has 0 bridgehead atoms. The van der Waals surface area contributed by atoms with Crippen molar-refractivity contribution in [1.29, 1.82) is 0 Å². The molecule has 0 radical (unpaired) electrons. The molecular weight excluding hydrogens is 355 g/mol. The number of carbonyl (C=O) groups is 1. The molecule has 0 unspecified atom stereocenters. The van der Waals surface area contributed by atoms with Crippen LogP contribution in [0.15, 0.2) is 52.4 Å². The Morgan fingerprint density at radius 2 is 1.92 bits per heavy atom. The Balaban J connectivity index is 1.77. The number of amidine groups is 1. The minimum Gasteiger partial charge on any atom is -0.490 e. The molecule has 2 N–H and O–H groups in total. The van der Waals surface area contributed by atoms with Gasteiger partial charge in [-0.1, -0.05) is 18.2 Å². The van der Waals surface area contributed by atoms with Crippen LogP contribution in [0.1, 0.15) is 18.1 Å². The van der Waals surface area contributed by atoms with Gasteiger partial charge in [0.15, 0.2) is 16.7 Å². The van der Waals surface area contributed by atoms with Crippen LogP contribution in [0, 0.1) is 5.82 Å². The van der Waals surface area contributed by atoms with Crippen molar-refractivity contribution in [2.24, 2.45) is 10.7 Å². The van der Waals surface area contributed by atoms with Crippen LogP contribution in [0.5, 0.6) is 11.5 Å². The van der Waals surface area contributed by atoms with E-state index in [1.54, 1.807) is 30.3 Å². The van der Waals surface area contributed by atoms with Gasteiger partial charge in [-0.3, -0.25) is 4.79 Å². The van der Waals surface area contributed by atoms with Crippen LogP contribution in [0.4, 0.5) is 4.39 Å². The predicted octanol–water partition coefficient (Wildman–Crippen LogP) is 3.73. The molecule has 2 aromatic carbocycles. The maximum Gasteiger partial charge on any atom is 0.286 e. The second kappa shape index (κ2) is 8.05. The third-order valence-corrected chi connectivity index (χ3v) is 4.32. The fraction of sp³-hybridized carbons (Fsp3) is 0.158. The topological polar surface area (TPSA) is 73.9 Å². The number of benzene rings is 2. The molecule has 3 rings (SSSR count). The minimum atomic E-state index is -0.345. The monoisotopic (exact) mass is 372 g/mol. The molecule has 134 valence electrons. The van der Waals surface area contributed by atoms with E-state index >= 15 is 0 Å². The van der Waals surface area contributed by atoms with Crippen LogP contribution in [0.2, 0.25) is 0 Å². The Kier molecular flexibility index (Phi) is 5.58. The van der Waals surface area contributed by atoms with Crippen LogP contribution in [-0.4, -0.2) is 17.7 Å². The van der Waals surface area contributed by atoms with Gasteiger partial charge in [0.1, 0.15) is 12.4 Å². The third kappa shape index (κ3) is 4.43. The summed E-state index contributed by atoms with van der Waals surface area (Å²) in [5.74, 6) is 0.500. The SMILES string of the molecule is CCOc1cc(/C=C2/SC(N)=NC2=O)ccc1OCc1ccc(F)cc1. The van der Waals surface area contributed by atoms with Crippen LogP contribution in [0.25, 0.3) is 6.08 Å². The number of thioether (sulfide) groups is 1. The summed E-state index contributed by atoms with van der Waals surface area (Å²) >= 11 is 1.14. The highest BCUT2D eigenvalue weighted by Crippen LogP contribution is 2.32. The zero-order valence-corrected chi connectivity index (χ0v) is 14.9. The molecule has 0 spiro atoms. The van der Waals surface area contributed by atoms with E-state index in [1.165, 1.54) is 12.1 Å². The molecular formula is C19H17FN2O3S. The number of carbonyl (C=O) groups excluding carboxylic acids is 1. The smallest absolute Gasteiger partial charge is 0.286 e. The van der Waals surface area contributed by atoms with Crippen LogP contribution < -0.4 is 15.2 Å². The van der Waals surface area contributed by atoms with E-state index in [2.05, 4.69) is 4.99 Å². The number of nitrogens with zero attached hydrogens (tertiary/aromatic N) is 1. The number of amides is 1. The summed E-state index contributed by atoms with van der Waals surface area (Å²) in [4.78, 5) is 15.9. The van der Waals surface area contributed by atoms with Crippen molar-refractivity contribution >= 4 is 28.9 Å². The summed E-state index contributed by atoms with van der Waals surface area (Å²) in [6, 6.07) is 11.5. The van der Waals surface area contributed by atoms with Crippen molar-refractivity contribution < 1.29 is 18.7 Å². The minimum absolute atomic E-state index is 0.241. The Hall–Kier alpha value is -2.80. The van der Waals surface area contributed by atoms with Gasteiger partial charge in [-0.25, -0.2) is 4.39 Å². The summed E-state index contributed by atoms with van der Waals surface area (Å²) < 4.78 is 24.4. The van der Waals surface area contributed by atoms with Crippen molar-refractivity contribution in [3.05, 3.63) is 64.3 Å². The number of halogens is 1. The molecule has 7 heteroatoms. The maximum atomic E-state index is 13.0. The Labute approximate surface area is 154 Å². The van der Waals surface area contributed by atoms with Crippen molar-refractivity contribution in [1.82, 2.24) is 0 Å². The lowest BCUT2D eigenvalue weighted by Gasteiger charge is -2.13. The number of ether oxygens (including phenoxy) is 2. The van der Waals surface area contributed by atoms with Gasteiger partial charge in [-0.05, 0) is 60.2 Å². The molecule has 1 aliphatic heterocycles. The molecule has 0 saturated carbocycles. The summed E-state index contributed by atoms with van der Waals surface area (Å²) in [5.41, 5.74) is 7.19. The molecule has 1 heterocycles. The van der Waals surface area contributed by atoms with Gasteiger partial charge in [-0.15, -0.1) is 0 Å². The van der Waals surface area contributed by atoms with Gasteiger partial charge in [0.2, 0.25) is 0 Å². The molecule has 0 saturated heterocycles. The molecule has 0 aliphatic carbocycles. The third-order valence-electron chi connectivity index (χ3n) is 3.51. The first kappa shape index (κ1) is 18.0. The van der Waals surface area contributed by atoms with Gasteiger partial charge >= 0.3 is 0 Å². The van der Waals surface area contributed by atoms with E-state index in [0.717, 1.165) is 22.9 Å². The molecule has 0 atom stereocenters. The lowest BCUT2D eigenvalue weighted by Crippen LogP contribution is -2.01. The van der Waals surface area contributed by atoms with Crippen LogP contribution >= 0.6 is 11.8 Å². The number of rotatable bonds is 6.